The van der Waals surface area contributed by atoms with E-state index in [1.54, 1.807) is 17.0 Å². The van der Waals surface area contributed by atoms with Crippen LogP contribution in [0, 0.1) is 18.3 Å². The second-order valence-corrected chi connectivity index (χ2v) is 7.67. The molecule has 2 heterocycles. The van der Waals surface area contributed by atoms with Crippen molar-refractivity contribution in [3.05, 3.63) is 41.6 Å². The van der Waals surface area contributed by atoms with Crippen molar-refractivity contribution in [1.82, 2.24) is 14.7 Å². The molecule has 0 aliphatic carbocycles. The molecule has 1 aromatic carbocycles. The SMILES string of the molecule is Cc1cc(N2CCN(C(=O)OC(C)(C)C)CC2)n(-c2ccc(C#N)cc2)n1. The average molecular weight is 367 g/mol. The number of nitrogens with zero attached hydrogens (tertiary/aromatic N) is 5. The second kappa shape index (κ2) is 7.31. The molecular formula is C20H25N5O2. The summed E-state index contributed by atoms with van der Waals surface area (Å²) in [7, 11) is 0. The summed E-state index contributed by atoms with van der Waals surface area (Å²) >= 11 is 0. The van der Waals surface area contributed by atoms with E-state index in [0.717, 1.165) is 17.2 Å². The van der Waals surface area contributed by atoms with Gasteiger partial charge < -0.3 is 14.5 Å². The number of carbonyl (C=O) groups excluding carboxylic acids is 1. The molecule has 1 saturated heterocycles. The Balaban J connectivity index is 1.73. The van der Waals surface area contributed by atoms with Crippen LogP contribution in [0.3, 0.4) is 0 Å². The summed E-state index contributed by atoms with van der Waals surface area (Å²) in [5.74, 6) is 0.987. The minimum absolute atomic E-state index is 0.265. The number of piperazine rings is 1. The first-order valence-electron chi connectivity index (χ1n) is 9.07. The van der Waals surface area contributed by atoms with Crippen LogP contribution in [0.15, 0.2) is 30.3 Å². The van der Waals surface area contributed by atoms with E-state index in [-0.39, 0.29) is 6.09 Å². The maximum Gasteiger partial charge on any atom is 0.410 e. The molecule has 1 fully saturated rings. The summed E-state index contributed by atoms with van der Waals surface area (Å²) in [5.41, 5.74) is 1.96. The van der Waals surface area contributed by atoms with Crippen LogP contribution in [0.4, 0.5) is 10.6 Å². The molecule has 7 heteroatoms. The topological polar surface area (TPSA) is 74.4 Å². The summed E-state index contributed by atoms with van der Waals surface area (Å²) in [6.45, 7) is 10.2. The van der Waals surface area contributed by atoms with Crippen molar-refractivity contribution in [1.29, 1.82) is 5.26 Å². The van der Waals surface area contributed by atoms with Crippen molar-refractivity contribution in [3.63, 3.8) is 0 Å². The van der Waals surface area contributed by atoms with Crippen LogP contribution in [-0.2, 0) is 4.74 Å². The number of aryl methyl sites for hydroxylation is 1. The Morgan fingerprint density at radius 3 is 2.33 bits per heavy atom. The number of rotatable bonds is 2. The van der Waals surface area contributed by atoms with E-state index in [1.807, 2.05) is 50.6 Å². The van der Waals surface area contributed by atoms with Crippen molar-refractivity contribution < 1.29 is 9.53 Å². The summed E-state index contributed by atoms with van der Waals surface area (Å²) < 4.78 is 7.35. The average Bonchev–Trinajstić information content (AvgIpc) is 3.02. The van der Waals surface area contributed by atoms with E-state index >= 15 is 0 Å². The van der Waals surface area contributed by atoms with Gasteiger partial charge in [-0.05, 0) is 52.0 Å². The molecule has 1 aliphatic rings. The van der Waals surface area contributed by atoms with Gasteiger partial charge in [0.05, 0.1) is 23.0 Å². The van der Waals surface area contributed by atoms with E-state index in [0.29, 0.717) is 31.7 Å². The number of amides is 1. The Hall–Kier alpha value is -3.01. The zero-order chi connectivity index (χ0) is 19.6. The van der Waals surface area contributed by atoms with E-state index in [2.05, 4.69) is 16.1 Å². The van der Waals surface area contributed by atoms with Crippen LogP contribution >= 0.6 is 0 Å². The lowest BCUT2D eigenvalue weighted by Gasteiger charge is -2.36. The van der Waals surface area contributed by atoms with Crippen LogP contribution in [0.2, 0.25) is 0 Å². The third-order valence-corrected chi connectivity index (χ3v) is 4.31. The number of hydrogen-bond donors (Lipinski definition) is 0. The van der Waals surface area contributed by atoms with Crippen molar-refractivity contribution in [3.8, 4) is 11.8 Å². The predicted molar refractivity (Wildman–Crippen MR) is 103 cm³/mol. The zero-order valence-corrected chi connectivity index (χ0v) is 16.3. The number of anilines is 1. The monoisotopic (exact) mass is 367 g/mol. The molecule has 0 unspecified atom stereocenters. The molecule has 0 radical (unpaired) electrons. The molecular weight excluding hydrogens is 342 g/mol. The van der Waals surface area contributed by atoms with Gasteiger partial charge >= 0.3 is 6.09 Å². The molecule has 142 valence electrons. The van der Waals surface area contributed by atoms with Crippen LogP contribution in [0.1, 0.15) is 32.0 Å². The summed E-state index contributed by atoms with van der Waals surface area (Å²) in [6.07, 6.45) is -0.265. The largest absolute Gasteiger partial charge is 0.444 e. The van der Waals surface area contributed by atoms with Gasteiger partial charge in [-0.15, -0.1) is 0 Å². The summed E-state index contributed by atoms with van der Waals surface area (Å²) in [6, 6.07) is 11.5. The minimum Gasteiger partial charge on any atom is -0.444 e. The smallest absolute Gasteiger partial charge is 0.410 e. The van der Waals surface area contributed by atoms with E-state index in [1.165, 1.54) is 0 Å². The molecule has 1 aromatic heterocycles. The highest BCUT2D eigenvalue weighted by Crippen LogP contribution is 2.23. The highest BCUT2D eigenvalue weighted by molar-refractivity contribution is 5.68. The molecule has 0 atom stereocenters. The van der Waals surface area contributed by atoms with Gasteiger partial charge in [-0.3, -0.25) is 0 Å². The zero-order valence-electron chi connectivity index (χ0n) is 16.3. The van der Waals surface area contributed by atoms with Crippen LogP contribution in [0.25, 0.3) is 5.69 Å². The quantitative estimate of drug-likeness (QED) is 0.815. The Morgan fingerprint density at radius 1 is 1.15 bits per heavy atom. The van der Waals surface area contributed by atoms with Crippen molar-refractivity contribution >= 4 is 11.9 Å². The first-order valence-corrected chi connectivity index (χ1v) is 9.07. The number of carbonyl (C=O) groups is 1. The molecule has 0 saturated carbocycles. The van der Waals surface area contributed by atoms with Gasteiger partial charge in [-0.1, -0.05) is 0 Å². The van der Waals surface area contributed by atoms with E-state index in [9.17, 15) is 4.79 Å². The number of aromatic nitrogens is 2. The molecule has 0 bridgehead atoms. The number of ether oxygens (including phenoxy) is 1. The first-order chi connectivity index (χ1) is 12.8. The number of benzene rings is 1. The number of hydrogen-bond acceptors (Lipinski definition) is 5. The molecule has 0 spiro atoms. The lowest BCUT2D eigenvalue weighted by Crippen LogP contribution is -2.50. The van der Waals surface area contributed by atoms with Gasteiger partial charge in [0, 0.05) is 32.2 Å². The van der Waals surface area contributed by atoms with Gasteiger partial charge in [-0.2, -0.15) is 10.4 Å². The van der Waals surface area contributed by atoms with Gasteiger partial charge in [0.15, 0.2) is 0 Å². The molecule has 2 aromatic rings. The maximum atomic E-state index is 12.3. The summed E-state index contributed by atoms with van der Waals surface area (Å²) in [5, 5.41) is 13.6. The molecule has 0 N–H and O–H groups in total. The van der Waals surface area contributed by atoms with Crippen molar-refractivity contribution in [2.45, 2.75) is 33.3 Å². The standard InChI is InChI=1S/C20H25N5O2/c1-15-13-18(25(22-15)17-7-5-16(14-21)6-8-17)23-9-11-24(12-10-23)19(26)27-20(2,3)4/h5-8,13H,9-12H2,1-4H3. The molecule has 3 rings (SSSR count). The highest BCUT2D eigenvalue weighted by atomic mass is 16.6. The molecule has 1 aliphatic heterocycles. The minimum atomic E-state index is -0.487. The van der Waals surface area contributed by atoms with Crippen molar-refractivity contribution in [2.24, 2.45) is 0 Å². The Labute approximate surface area is 159 Å². The summed E-state index contributed by atoms with van der Waals surface area (Å²) in [4.78, 5) is 16.2. The van der Waals surface area contributed by atoms with Gasteiger partial charge in [0.1, 0.15) is 11.4 Å². The molecule has 1 amide bonds. The third-order valence-electron chi connectivity index (χ3n) is 4.31. The maximum absolute atomic E-state index is 12.3. The van der Waals surface area contributed by atoms with Crippen LogP contribution in [0.5, 0.6) is 0 Å². The Morgan fingerprint density at radius 2 is 1.78 bits per heavy atom. The Bertz CT molecular complexity index is 850. The van der Waals surface area contributed by atoms with E-state index in [4.69, 9.17) is 10.00 Å². The molecule has 7 nitrogen and oxygen atoms in total. The fourth-order valence-corrected chi connectivity index (χ4v) is 3.02. The van der Waals surface area contributed by atoms with Gasteiger partial charge in [-0.25, -0.2) is 9.48 Å². The third kappa shape index (κ3) is 4.40. The fourth-order valence-electron chi connectivity index (χ4n) is 3.02. The first kappa shape index (κ1) is 18.8. The van der Waals surface area contributed by atoms with Crippen LogP contribution < -0.4 is 4.90 Å². The lowest BCUT2D eigenvalue weighted by atomic mass is 10.2. The fraction of sp³-hybridized carbons (Fsp3) is 0.450. The number of nitriles is 1. The predicted octanol–water partition coefficient (Wildman–Crippen LogP) is 3.11. The normalized spacial score (nSPS) is 14.8. The van der Waals surface area contributed by atoms with Gasteiger partial charge in [0.25, 0.3) is 0 Å². The molecule has 27 heavy (non-hydrogen) atoms. The van der Waals surface area contributed by atoms with Gasteiger partial charge in [0.2, 0.25) is 0 Å². The lowest BCUT2D eigenvalue weighted by molar-refractivity contribution is 0.0240. The van der Waals surface area contributed by atoms with Crippen molar-refractivity contribution in [2.75, 3.05) is 31.1 Å². The van der Waals surface area contributed by atoms with Crippen LogP contribution in [-0.4, -0.2) is 52.6 Å². The Kier molecular flexibility index (Phi) is 5.08. The van der Waals surface area contributed by atoms with E-state index < -0.39 is 5.60 Å². The second-order valence-electron chi connectivity index (χ2n) is 7.67. The highest BCUT2D eigenvalue weighted by Gasteiger charge is 2.27.